The molecule has 196 valence electrons. The normalized spacial score (nSPS) is 17.1. The molecule has 2 fully saturated rings. The zero-order valence-electron chi connectivity index (χ0n) is 21.5. The highest BCUT2D eigenvalue weighted by atomic mass is 79.9. The van der Waals surface area contributed by atoms with Crippen LogP contribution in [0.1, 0.15) is 80.4 Å². The summed E-state index contributed by atoms with van der Waals surface area (Å²) in [5.41, 5.74) is 2.51. The molecule has 0 unspecified atom stereocenters. The summed E-state index contributed by atoms with van der Waals surface area (Å²) in [4.78, 5) is 33.8. The van der Waals surface area contributed by atoms with Crippen molar-refractivity contribution in [3.8, 4) is 0 Å². The fourth-order valence-electron chi connectivity index (χ4n) is 6.12. The van der Waals surface area contributed by atoms with Gasteiger partial charge in [-0.15, -0.1) is 0 Å². The lowest BCUT2D eigenvalue weighted by Gasteiger charge is -2.42. The first kappa shape index (κ1) is 26.0. The van der Waals surface area contributed by atoms with E-state index >= 15 is 0 Å². The van der Waals surface area contributed by atoms with E-state index in [1.54, 1.807) is 12.1 Å². The van der Waals surface area contributed by atoms with Crippen molar-refractivity contribution in [2.75, 3.05) is 6.54 Å². The molecular weight excluding hydrogens is 528 g/mol. The van der Waals surface area contributed by atoms with Crippen LogP contribution in [0.2, 0.25) is 0 Å². The Hall–Kier alpha value is -2.67. The fourth-order valence-corrected chi connectivity index (χ4v) is 6.39. The van der Waals surface area contributed by atoms with Crippen LogP contribution in [0.15, 0.2) is 53.0 Å². The molecule has 2 aromatic carbocycles. The van der Waals surface area contributed by atoms with Crippen LogP contribution < -0.4 is 5.32 Å². The van der Waals surface area contributed by atoms with Crippen molar-refractivity contribution < 1.29 is 9.59 Å². The Bertz CT molecular complexity index is 1190. The number of nitrogens with zero attached hydrogens (tertiary/aromatic N) is 3. The van der Waals surface area contributed by atoms with Crippen molar-refractivity contribution in [2.45, 2.75) is 89.3 Å². The summed E-state index contributed by atoms with van der Waals surface area (Å²) in [7, 11) is 0. The fraction of sp³-hybridized carbons (Fsp3) is 0.500. The molecule has 2 aliphatic carbocycles. The number of hydrogen-bond donors (Lipinski definition) is 1. The summed E-state index contributed by atoms with van der Waals surface area (Å²) < 4.78 is 3.03. The van der Waals surface area contributed by atoms with Gasteiger partial charge in [-0.1, -0.05) is 66.6 Å². The van der Waals surface area contributed by atoms with Gasteiger partial charge in [-0.2, -0.15) is 0 Å². The van der Waals surface area contributed by atoms with Crippen molar-refractivity contribution in [3.63, 3.8) is 0 Å². The van der Waals surface area contributed by atoms with Gasteiger partial charge in [-0.3, -0.25) is 9.59 Å². The van der Waals surface area contributed by atoms with Gasteiger partial charge in [0, 0.05) is 35.1 Å². The number of nitrogens with one attached hydrogen (secondary N) is 1. The molecule has 2 amide bonds. The Morgan fingerprint density at radius 3 is 2.16 bits per heavy atom. The van der Waals surface area contributed by atoms with E-state index in [4.69, 9.17) is 4.98 Å². The van der Waals surface area contributed by atoms with Crippen molar-refractivity contribution >= 4 is 38.8 Å². The molecule has 0 bridgehead atoms. The first-order chi connectivity index (χ1) is 18.1. The molecule has 3 aromatic rings. The molecule has 6 nitrogen and oxygen atoms in total. The molecule has 0 spiro atoms. The van der Waals surface area contributed by atoms with Gasteiger partial charge >= 0.3 is 0 Å². The number of rotatable bonds is 8. The SMILES string of the molecule is O=C(NCCc1nc2ccccc2n1CC(=O)N(C1CCCCC1)C1CCCCC1)c1ccc(Br)cc1. The molecule has 2 saturated carbocycles. The number of amides is 2. The molecule has 7 heteroatoms. The minimum atomic E-state index is -0.105. The van der Waals surface area contributed by atoms with Crippen LogP contribution in [-0.4, -0.2) is 44.9 Å². The summed E-state index contributed by atoms with van der Waals surface area (Å²) in [6.45, 7) is 0.769. The number of halogens is 1. The molecule has 2 aliphatic rings. The Morgan fingerprint density at radius 1 is 0.892 bits per heavy atom. The van der Waals surface area contributed by atoms with Crippen LogP contribution in [0.5, 0.6) is 0 Å². The quantitative estimate of drug-likeness (QED) is 0.350. The minimum Gasteiger partial charge on any atom is -0.352 e. The summed E-state index contributed by atoms with van der Waals surface area (Å²) in [6, 6.07) is 16.1. The maximum absolute atomic E-state index is 14.0. The molecule has 5 rings (SSSR count). The van der Waals surface area contributed by atoms with Crippen molar-refractivity contribution in [3.05, 3.63) is 64.4 Å². The van der Waals surface area contributed by atoms with E-state index in [2.05, 4.69) is 30.7 Å². The van der Waals surface area contributed by atoms with Crippen LogP contribution >= 0.6 is 15.9 Å². The molecule has 1 aromatic heterocycles. The highest BCUT2D eigenvalue weighted by molar-refractivity contribution is 9.10. The lowest BCUT2D eigenvalue weighted by Crippen LogP contribution is -2.50. The van der Waals surface area contributed by atoms with Crippen LogP contribution in [0.3, 0.4) is 0 Å². The van der Waals surface area contributed by atoms with Gasteiger partial charge in [-0.05, 0) is 62.1 Å². The number of benzene rings is 2. The van der Waals surface area contributed by atoms with Crippen LogP contribution in [0.4, 0.5) is 0 Å². The highest BCUT2D eigenvalue weighted by Crippen LogP contribution is 2.31. The molecule has 0 atom stereocenters. The van der Waals surface area contributed by atoms with Gasteiger partial charge in [0.25, 0.3) is 5.91 Å². The predicted molar refractivity (Wildman–Crippen MR) is 151 cm³/mol. The van der Waals surface area contributed by atoms with E-state index in [1.165, 1.54) is 38.5 Å². The average Bonchev–Trinajstić information content (AvgIpc) is 3.27. The van der Waals surface area contributed by atoms with E-state index in [-0.39, 0.29) is 11.8 Å². The third kappa shape index (κ3) is 6.25. The van der Waals surface area contributed by atoms with E-state index in [0.717, 1.165) is 47.0 Å². The lowest BCUT2D eigenvalue weighted by molar-refractivity contribution is -0.138. The van der Waals surface area contributed by atoms with E-state index in [1.807, 2.05) is 36.4 Å². The molecular formula is C30H37BrN4O2. The first-order valence-electron chi connectivity index (χ1n) is 13.9. The molecule has 1 N–H and O–H groups in total. The molecule has 1 heterocycles. The van der Waals surface area contributed by atoms with Crippen LogP contribution in [0, 0.1) is 0 Å². The second-order valence-corrected chi connectivity index (χ2v) is 11.4. The zero-order chi connectivity index (χ0) is 25.6. The van der Waals surface area contributed by atoms with Crippen molar-refractivity contribution in [2.24, 2.45) is 0 Å². The van der Waals surface area contributed by atoms with E-state index < -0.39 is 0 Å². The van der Waals surface area contributed by atoms with Gasteiger partial charge in [0.2, 0.25) is 5.91 Å². The highest BCUT2D eigenvalue weighted by Gasteiger charge is 2.33. The largest absolute Gasteiger partial charge is 0.352 e. The lowest BCUT2D eigenvalue weighted by atomic mass is 9.88. The molecule has 0 aliphatic heterocycles. The van der Waals surface area contributed by atoms with Gasteiger partial charge in [-0.25, -0.2) is 4.98 Å². The summed E-state index contributed by atoms with van der Waals surface area (Å²) in [6.07, 6.45) is 12.5. The number of carbonyl (C=O) groups excluding carboxylic acids is 2. The Balaban J connectivity index is 1.33. The van der Waals surface area contributed by atoms with Crippen LogP contribution in [0.25, 0.3) is 11.0 Å². The standard InChI is InChI=1S/C30H37BrN4O2/c31-23-17-15-22(16-18-23)30(37)32-20-19-28-33-26-13-7-8-14-27(26)34(28)21-29(36)35(24-9-3-1-4-10-24)25-11-5-2-6-12-25/h7-8,13-18,24-25H,1-6,9-12,19-21H2,(H,32,37). The average molecular weight is 566 g/mol. The maximum Gasteiger partial charge on any atom is 0.251 e. The molecule has 0 saturated heterocycles. The van der Waals surface area contributed by atoms with Gasteiger partial charge in [0.05, 0.1) is 11.0 Å². The Morgan fingerprint density at radius 2 is 1.51 bits per heavy atom. The smallest absolute Gasteiger partial charge is 0.251 e. The first-order valence-corrected chi connectivity index (χ1v) is 14.7. The minimum absolute atomic E-state index is 0.105. The maximum atomic E-state index is 14.0. The summed E-state index contributed by atoms with van der Waals surface area (Å²) in [5.74, 6) is 0.965. The number of imidazole rings is 1. The monoisotopic (exact) mass is 564 g/mol. The van der Waals surface area contributed by atoms with Crippen molar-refractivity contribution in [1.82, 2.24) is 19.8 Å². The number of aromatic nitrogens is 2. The van der Waals surface area contributed by atoms with Gasteiger partial charge in [0.1, 0.15) is 12.4 Å². The molecule has 37 heavy (non-hydrogen) atoms. The number of hydrogen-bond acceptors (Lipinski definition) is 3. The van der Waals surface area contributed by atoms with Crippen molar-refractivity contribution in [1.29, 1.82) is 0 Å². The predicted octanol–water partition coefficient (Wildman–Crippen LogP) is 6.27. The summed E-state index contributed by atoms with van der Waals surface area (Å²) >= 11 is 3.41. The number of fused-ring (bicyclic) bond motifs is 1. The van der Waals surface area contributed by atoms with E-state index in [9.17, 15) is 9.59 Å². The van der Waals surface area contributed by atoms with Gasteiger partial charge < -0.3 is 14.8 Å². The Kier molecular flexibility index (Phi) is 8.59. The second-order valence-electron chi connectivity index (χ2n) is 10.5. The third-order valence-electron chi connectivity index (χ3n) is 7.99. The van der Waals surface area contributed by atoms with Gasteiger partial charge in [0.15, 0.2) is 0 Å². The number of para-hydroxylation sites is 2. The Labute approximate surface area is 228 Å². The zero-order valence-corrected chi connectivity index (χ0v) is 23.1. The van der Waals surface area contributed by atoms with Crippen LogP contribution in [-0.2, 0) is 17.8 Å². The van der Waals surface area contributed by atoms with E-state index in [0.29, 0.717) is 37.2 Å². The summed E-state index contributed by atoms with van der Waals surface area (Å²) in [5, 5.41) is 3.02. The topological polar surface area (TPSA) is 67.2 Å². The second kappa shape index (κ2) is 12.2. The molecule has 0 radical (unpaired) electrons. The number of carbonyl (C=O) groups is 2. The third-order valence-corrected chi connectivity index (χ3v) is 8.52.